The Labute approximate surface area is 132 Å². The van der Waals surface area contributed by atoms with Gasteiger partial charge in [0.1, 0.15) is 6.04 Å². The molecule has 0 saturated heterocycles. The van der Waals surface area contributed by atoms with Crippen LogP contribution >= 0.6 is 0 Å². The highest BCUT2D eigenvalue weighted by molar-refractivity contribution is 5.73. The zero-order chi connectivity index (χ0) is 17.1. The molecule has 0 radical (unpaired) electrons. The van der Waals surface area contributed by atoms with Gasteiger partial charge in [0.2, 0.25) is 0 Å². The van der Waals surface area contributed by atoms with Crippen LogP contribution in [-0.2, 0) is 4.79 Å². The molecule has 0 aromatic heterocycles. The first-order valence-electron chi connectivity index (χ1n) is 7.95. The monoisotopic (exact) mass is 320 g/mol. The fraction of sp³-hybridized carbons (Fsp3) is 0.933. The first kappa shape index (κ1) is 21.3. The largest absolute Gasteiger partial charge is 0.480 e. The summed E-state index contributed by atoms with van der Waals surface area (Å²) in [7, 11) is 0. The number of rotatable bonds is 13. The van der Waals surface area contributed by atoms with Crippen molar-refractivity contribution >= 4 is 5.97 Å². The minimum absolute atomic E-state index is 0.257. The molecule has 0 aromatic rings. The minimum atomic E-state index is -0.912. The van der Waals surface area contributed by atoms with Gasteiger partial charge >= 0.3 is 5.97 Å². The quantitative estimate of drug-likeness (QED) is 0.295. The second kappa shape index (κ2) is 11.8. The van der Waals surface area contributed by atoms with E-state index in [1.54, 1.807) is 20.8 Å². The number of nitrogens with one attached hydrogen (secondary N) is 1. The average molecular weight is 320 g/mol. The van der Waals surface area contributed by atoms with Crippen molar-refractivity contribution in [1.82, 2.24) is 10.2 Å². The van der Waals surface area contributed by atoms with Crippen LogP contribution in [0.1, 0.15) is 40.0 Å². The normalized spacial score (nSPS) is 17.2. The summed E-state index contributed by atoms with van der Waals surface area (Å²) < 4.78 is 0. The molecule has 5 N–H and O–H groups in total. The summed E-state index contributed by atoms with van der Waals surface area (Å²) in [5, 5.41) is 40.0. The molecule has 0 saturated carbocycles. The summed E-state index contributed by atoms with van der Waals surface area (Å²) in [4.78, 5) is 13.1. The lowest BCUT2D eigenvalue weighted by Crippen LogP contribution is -2.40. The topological polar surface area (TPSA) is 113 Å². The van der Waals surface area contributed by atoms with Crippen LogP contribution < -0.4 is 5.32 Å². The zero-order valence-corrected chi connectivity index (χ0v) is 13.9. The summed E-state index contributed by atoms with van der Waals surface area (Å²) in [6.45, 7) is 6.97. The van der Waals surface area contributed by atoms with Crippen molar-refractivity contribution in [3.05, 3.63) is 0 Å². The number of hydrogen-bond acceptors (Lipinski definition) is 6. The highest BCUT2D eigenvalue weighted by Gasteiger charge is 2.17. The van der Waals surface area contributed by atoms with E-state index in [2.05, 4.69) is 5.32 Å². The van der Waals surface area contributed by atoms with Crippen molar-refractivity contribution in [3.8, 4) is 0 Å². The first-order chi connectivity index (χ1) is 10.2. The number of carboxylic acid groups (broad SMARTS) is 1. The van der Waals surface area contributed by atoms with E-state index in [1.165, 1.54) is 0 Å². The molecule has 0 aliphatic carbocycles. The molecule has 4 unspecified atom stereocenters. The number of carboxylic acids is 1. The SMILES string of the molecule is CC(O)CNC(CCCCN(CC(C)O)CC(C)O)C(=O)O. The van der Waals surface area contributed by atoms with Crippen LogP contribution in [0.2, 0.25) is 0 Å². The molecule has 0 fully saturated rings. The third-order valence-electron chi connectivity index (χ3n) is 3.22. The maximum atomic E-state index is 11.1. The van der Waals surface area contributed by atoms with E-state index < -0.39 is 30.3 Å². The number of unbranched alkanes of at least 4 members (excludes halogenated alkanes) is 1. The molecule has 0 aromatic carbocycles. The first-order valence-corrected chi connectivity index (χ1v) is 7.95. The molecular weight excluding hydrogens is 288 g/mol. The van der Waals surface area contributed by atoms with Crippen molar-refractivity contribution < 1.29 is 25.2 Å². The predicted octanol–water partition coefficient (Wildman–Crippen LogP) is -0.356. The van der Waals surface area contributed by atoms with Crippen LogP contribution in [0, 0.1) is 0 Å². The number of aliphatic hydroxyl groups is 3. The van der Waals surface area contributed by atoms with E-state index in [-0.39, 0.29) is 6.54 Å². The molecule has 7 nitrogen and oxygen atoms in total. The third-order valence-corrected chi connectivity index (χ3v) is 3.22. The Morgan fingerprint density at radius 2 is 1.55 bits per heavy atom. The molecule has 22 heavy (non-hydrogen) atoms. The number of aliphatic hydroxyl groups excluding tert-OH is 3. The van der Waals surface area contributed by atoms with Crippen LogP contribution in [0.25, 0.3) is 0 Å². The molecule has 0 aliphatic rings. The van der Waals surface area contributed by atoms with Crippen LogP contribution in [0.4, 0.5) is 0 Å². The van der Waals surface area contributed by atoms with Crippen molar-refractivity contribution in [3.63, 3.8) is 0 Å². The smallest absolute Gasteiger partial charge is 0.320 e. The molecule has 0 aliphatic heterocycles. The third kappa shape index (κ3) is 11.9. The van der Waals surface area contributed by atoms with Gasteiger partial charge in [0.15, 0.2) is 0 Å². The molecular formula is C15H32N2O5. The van der Waals surface area contributed by atoms with Gasteiger partial charge in [-0.05, 0) is 40.2 Å². The Morgan fingerprint density at radius 1 is 1.00 bits per heavy atom. The van der Waals surface area contributed by atoms with Crippen molar-refractivity contribution in [2.45, 2.75) is 64.4 Å². The summed E-state index contributed by atoms with van der Waals surface area (Å²) in [6.07, 6.45) is 0.504. The van der Waals surface area contributed by atoms with Gasteiger partial charge in [-0.15, -0.1) is 0 Å². The maximum Gasteiger partial charge on any atom is 0.320 e. The second-order valence-corrected chi connectivity index (χ2v) is 6.10. The van der Waals surface area contributed by atoms with Crippen LogP contribution in [-0.4, -0.2) is 81.8 Å². The average Bonchev–Trinajstić information content (AvgIpc) is 2.35. The van der Waals surface area contributed by atoms with Crippen molar-refractivity contribution in [2.24, 2.45) is 0 Å². The fourth-order valence-corrected chi connectivity index (χ4v) is 2.31. The van der Waals surface area contributed by atoms with Gasteiger partial charge in [-0.25, -0.2) is 0 Å². The lowest BCUT2D eigenvalue weighted by atomic mass is 10.1. The highest BCUT2D eigenvalue weighted by atomic mass is 16.4. The fourth-order valence-electron chi connectivity index (χ4n) is 2.31. The standard InChI is InChI=1S/C15H32N2O5/c1-11(18)8-16-14(15(21)22)6-4-5-7-17(9-12(2)19)10-13(3)20/h11-14,16,18-20H,4-10H2,1-3H3,(H,21,22). The van der Waals surface area contributed by atoms with Gasteiger partial charge in [-0.3, -0.25) is 9.69 Å². The van der Waals surface area contributed by atoms with Gasteiger partial charge in [0, 0.05) is 19.6 Å². The van der Waals surface area contributed by atoms with Crippen LogP contribution in [0.5, 0.6) is 0 Å². The second-order valence-electron chi connectivity index (χ2n) is 6.10. The zero-order valence-electron chi connectivity index (χ0n) is 13.9. The number of nitrogens with zero attached hydrogens (tertiary/aromatic N) is 1. The van der Waals surface area contributed by atoms with E-state index in [1.807, 2.05) is 4.90 Å². The van der Waals surface area contributed by atoms with Crippen LogP contribution in [0.15, 0.2) is 0 Å². The Bertz CT molecular complexity index is 288. The molecule has 0 heterocycles. The van der Waals surface area contributed by atoms with Crippen molar-refractivity contribution in [1.29, 1.82) is 0 Å². The van der Waals surface area contributed by atoms with Gasteiger partial charge in [0.05, 0.1) is 18.3 Å². The molecule has 4 atom stereocenters. The van der Waals surface area contributed by atoms with Gasteiger partial charge in [0.25, 0.3) is 0 Å². The van der Waals surface area contributed by atoms with Crippen LogP contribution in [0.3, 0.4) is 0 Å². The molecule has 0 amide bonds. The van der Waals surface area contributed by atoms with Gasteiger partial charge in [-0.1, -0.05) is 6.42 Å². The highest BCUT2D eigenvalue weighted by Crippen LogP contribution is 2.05. The molecule has 132 valence electrons. The minimum Gasteiger partial charge on any atom is -0.480 e. The Balaban J connectivity index is 4.08. The van der Waals surface area contributed by atoms with E-state index >= 15 is 0 Å². The summed E-state index contributed by atoms with van der Waals surface area (Å²) in [5.74, 6) is -0.912. The lowest BCUT2D eigenvalue weighted by Gasteiger charge is -2.25. The van der Waals surface area contributed by atoms with Crippen molar-refractivity contribution in [2.75, 3.05) is 26.2 Å². The lowest BCUT2D eigenvalue weighted by molar-refractivity contribution is -0.139. The Kier molecular flexibility index (Phi) is 11.4. The predicted molar refractivity (Wildman–Crippen MR) is 84.8 cm³/mol. The maximum absolute atomic E-state index is 11.1. The number of hydrogen-bond donors (Lipinski definition) is 5. The number of aliphatic carboxylic acids is 1. The molecule has 0 bridgehead atoms. The summed E-state index contributed by atoms with van der Waals surface area (Å²) in [6, 6.07) is -0.656. The molecule has 0 rings (SSSR count). The Morgan fingerprint density at radius 3 is 1.95 bits per heavy atom. The summed E-state index contributed by atoms with van der Waals surface area (Å²) >= 11 is 0. The molecule has 0 spiro atoms. The van der Waals surface area contributed by atoms with E-state index in [0.717, 1.165) is 12.8 Å². The number of carbonyl (C=O) groups is 1. The van der Waals surface area contributed by atoms with Gasteiger partial charge in [-0.2, -0.15) is 0 Å². The summed E-state index contributed by atoms with van der Waals surface area (Å²) in [5.41, 5.74) is 0. The van der Waals surface area contributed by atoms with Gasteiger partial charge < -0.3 is 25.7 Å². The molecule has 7 heteroatoms. The van der Waals surface area contributed by atoms with E-state index in [0.29, 0.717) is 26.1 Å². The Hall–Kier alpha value is -0.730. The van der Waals surface area contributed by atoms with E-state index in [4.69, 9.17) is 5.11 Å². The van der Waals surface area contributed by atoms with E-state index in [9.17, 15) is 20.1 Å².